The van der Waals surface area contributed by atoms with Crippen molar-refractivity contribution in [1.82, 2.24) is 4.98 Å². The van der Waals surface area contributed by atoms with Gasteiger partial charge in [0.25, 0.3) is 0 Å². The highest BCUT2D eigenvalue weighted by Crippen LogP contribution is 2.27. The van der Waals surface area contributed by atoms with Gasteiger partial charge in [0, 0.05) is 23.5 Å². The van der Waals surface area contributed by atoms with Gasteiger partial charge in [-0.1, -0.05) is 11.6 Å². The third kappa shape index (κ3) is 3.64. The number of hydrogen-bond donors (Lipinski definition) is 1. The van der Waals surface area contributed by atoms with E-state index in [1.807, 2.05) is 38.1 Å². The van der Waals surface area contributed by atoms with Crippen molar-refractivity contribution in [2.75, 3.05) is 11.9 Å². The van der Waals surface area contributed by atoms with Crippen molar-refractivity contribution in [1.29, 1.82) is 0 Å². The Bertz CT molecular complexity index is 576. The molecule has 1 aromatic heterocycles. The van der Waals surface area contributed by atoms with Crippen molar-refractivity contribution in [2.45, 2.75) is 27.4 Å². The normalized spacial score (nSPS) is 10.4. The largest absolute Gasteiger partial charge is 0.487 e. The molecule has 0 saturated carbocycles. The molecular formula is C16H19ClN2O. The molecule has 0 bridgehead atoms. The summed E-state index contributed by atoms with van der Waals surface area (Å²) in [4.78, 5) is 4.32. The molecule has 0 amide bonds. The minimum atomic E-state index is 0.447. The average molecular weight is 291 g/mol. The summed E-state index contributed by atoms with van der Waals surface area (Å²) in [6.45, 7) is 7.40. The van der Waals surface area contributed by atoms with Crippen LogP contribution in [0.2, 0.25) is 5.02 Å². The van der Waals surface area contributed by atoms with E-state index in [1.54, 1.807) is 6.20 Å². The van der Waals surface area contributed by atoms with Crippen LogP contribution in [0.5, 0.6) is 5.75 Å². The molecule has 1 heterocycles. The van der Waals surface area contributed by atoms with Gasteiger partial charge in [0.15, 0.2) is 0 Å². The highest BCUT2D eigenvalue weighted by Gasteiger charge is 2.07. The van der Waals surface area contributed by atoms with Crippen LogP contribution in [0.25, 0.3) is 0 Å². The second-order valence-electron chi connectivity index (χ2n) is 4.72. The summed E-state index contributed by atoms with van der Waals surface area (Å²) in [5.41, 5.74) is 4.04. The maximum absolute atomic E-state index is 6.02. The molecule has 0 atom stereocenters. The summed E-state index contributed by atoms with van der Waals surface area (Å²) in [5, 5.41) is 4.00. The molecule has 0 radical (unpaired) electrons. The number of benzene rings is 1. The van der Waals surface area contributed by atoms with E-state index in [4.69, 9.17) is 16.3 Å². The number of aromatic nitrogens is 1. The lowest BCUT2D eigenvalue weighted by atomic mass is 10.1. The summed E-state index contributed by atoms with van der Waals surface area (Å²) in [6, 6.07) is 7.77. The van der Waals surface area contributed by atoms with Crippen LogP contribution in [0.3, 0.4) is 0 Å². The van der Waals surface area contributed by atoms with E-state index in [9.17, 15) is 0 Å². The molecule has 1 aromatic carbocycles. The molecule has 106 valence electrons. The first-order chi connectivity index (χ1) is 9.60. The van der Waals surface area contributed by atoms with Gasteiger partial charge in [0.05, 0.1) is 5.69 Å². The van der Waals surface area contributed by atoms with Gasteiger partial charge in [-0.3, -0.25) is 4.98 Å². The second-order valence-corrected chi connectivity index (χ2v) is 5.16. The van der Waals surface area contributed by atoms with Crippen molar-refractivity contribution in [3.05, 3.63) is 52.3 Å². The number of anilines is 1. The van der Waals surface area contributed by atoms with Crippen LogP contribution in [0.4, 0.5) is 5.69 Å². The van der Waals surface area contributed by atoms with E-state index in [2.05, 4.69) is 17.2 Å². The lowest BCUT2D eigenvalue weighted by Gasteiger charge is -2.13. The van der Waals surface area contributed by atoms with E-state index >= 15 is 0 Å². The van der Waals surface area contributed by atoms with Gasteiger partial charge in [-0.25, -0.2) is 0 Å². The Labute approximate surface area is 124 Å². The standard InChI is InChI=1S/C16H19ClN2O/c1-4-18-14-5-6-19-15(9-14)10-20-16-11(2)7-13(17)8-12(16)3/h5-9H,4,10H2,1-3H3,(H,18,19). The van der Waals surface area contributed by atoms with Crippen LogP contribution in [0, 0.1) is 13.8 Å². The Hall–Kier alpha value is -1.74. The zero-order valence-corrected chi connectivity index (χ0v) is 12.8. The molecule has 0 aliphatic rings. The third-order valence-electron chi connectivity index (χ3n) is 2.99. The Kier molecular flexibility index (Phi) is 4.85. The predicted molar refractivity (Wildman–Crippen MR) is 83.7 cm³/mol. The highest BCUT2D eigenvalue weighted by molar-refractivity contribution is 6.30. The average Bonchev–Trinajstić information content (AvgIpc) is 2.38. The van der Waals surface area contributed by atoms with E-state index in [0.29, 0.717) is 6.61 Å². The lowest BCUT2D eigenvalue weighted by Crippen LogP contribution is -2.03. The Morgan fingerprint density at radius 1 is 1.20 bits per heavy atom. The lowest BCUT2D eigenvalue weighted by molar-refractivity contribution is 0.297. The fraction of sp³-hybridized carbons (Fsp3) is 0.312. The van der Waals surface area contributed by atoms with Crippen LogP contribution in [-0.2, 0) is 6.61 Å². The van der Waals surface area contributed by atoms with Gasteiger partial charge >= 0.3 is 0 Å². The molecular weight excluding hydrogens is 272 g/mol. The van der Waals surface area contributed by atoms with Gasteiger partial charge < -0.3 is 10.1 Å². The molecule has 0 aliphatic carbocycles. The molecule has 0 fully saturated rings. The van der Waals surface area contributed by atoms with Gasteiger partial charge in [-0.05, 0) is 56.2 Å². The molecule has 20 heavy (non-hydrogen) atoms. The third-order valence-corrected chi connectivity index (χ3v) is 3.21. The maximum Gasteiger partial charge on any atom is 0.130 e. The Balaban J connectivity index is 2.11. The number of halogens is 1. The van der Waals surface area contributed by atoms with Crippen molar-refractivity contribution < 1.29 is 4.74 Å². The molecule has 0 spiro atoms. The summed E-state index contributed by atoms with van der Waals surface area (Å²) in [5.74, 6) is 0.880. The molecule has 0 aliphatic heterocycles. The predicted octanol–water partition coefficient (Wildman–Crippen LogP) is 4.36. The first-order valence-corrected chi connectivity index (χ1v) is 7.06. The maximum atomic E-state index is 6.02. The highest BCUT2D eigenvalue weighted by atomic mass is 35.5. The van der Waals surface area contributed by atoms with Crippen molar-refractivity contribution in [2.24, 2.45) is 0 Å². The topological polar surface area (TPSA) is 34.2 Å². The van der Waals surface area contributed by atoms with E-state index in [-0.39, 0.29) is 0 Å². The fourth-order valence-corrected chi connectivity index (χ4v) is 2.47. The molecule has 0 saturated heterocycles. The van der Waals surface area contributed by atoms with Gasteiger partial charge in [0.1, 0.15) is 12.4 Å². The SMILES string of the molecule is CCNc1ccnc(COc2c(C)cc(Cl)cc2C)c1. The van der Waals surface area contributed by atoms with E-state index < -0.39 is 0 Å². The van der Waals surface area contributed by atoms with Crippen LogP contribution in [0.15, 0.2) is 30.5 Å². The molecule has 2 aromatic rings. The fourth-order valence-electron chi connectivity index (χ4n) is 2.14. The summed E-state index contributed by atoms with van der Waals surface area (Å²) in [6.07, 6.45) is 1.79. The number of nitrogens with zero attached hydrogens (tertiary/aromatic N) is 1. The molecule has 3 nitrogen and oxygen atoms in total. The van der Waals surface area contributed by atoms with Gasteiger partial charge in [-0.2, -0.15) is 0 Å². The number of pyridine rings is 1. The molecule has 1 N–H and O–H groups in total. The second kappa shape index (κ2) is 6.62. The van der Waals surface area contributed by atoms with Crippen molar-refractivity contribution in [3.8, 4) is 5.75 Å². The van der Waals surface area contributed by atoms with Gasteiger partial charge in [0.2, 0.25) is 0 Å². The van der Waals surface area contributed by atoms with E-state index in [1.165, 1.54) is 0 Å². The van der Waals surface area contributed by atoms with Crippen LogP contribution < -0.4 is 10.1 Å². The number of nitrogens with one attached hydrogen (secondary N) is 1. The van der Waals surface area contributed by atoms with Gasteiger partial charge in [-0.15, -0.1) is 0 Å². The van der Waals surface area contributed by atoms with Crippen LogP contribution >= 0.6 is 11.6 Å². The van der Waals surface area contributed by atoms with Crippen LogP contribution in [-0.4, -0.2) is 11.5 Å². The number of hydrogen-bond acceptors (Lipinski definition) is 3. The summed E-state index contributed by atoms with van der Waals surface area (Å²) in [7, 11) is 0. The summed E-state index contributed by atoms with van der Waals surface area (Å²) < 4.78 is 5.89. The van der Waals surface area contributed by atoms with Crippen LogP contribution in [0.1, 0.15) is 23.7 Å². The zero-order valence-electron chi connectivity index (χ0n) is 12.0. The van der Waals surface area contributed by atoms with Crippen molar-refractivity contribution in [3.63, 3.8) is 0 Å². The molecule has 2 rings (SSSR count). The minimum Gasteiger partial charge on any atom is -0.487 e. The van der Waals surface area contributed by atoms with Crippen molar-refractivity contribution >= 4 is 17.3 Å². The summed E-state index contributed by atoms with van der Waals surface area (Å²) >= 11 is 6.02. The zero-order chi connectivity index (χ0) is 14.5. The first kappa shape index (κ1) is 14.7. The smallest absolute Gasteiger partial charge is 0.130 e. The monoisotopic (exact) mass is 290 g/mol. The number of ether oxygens (including phenoxy) is 1. The molecule has 0 unspecified atom stereocenters. The number of aryl methyl sites for hydroxylation is 2. The van der Waals surface area contributed by atoms with E-state index in [0.717, 1.165) is 39.8 Å². The Morgan fingerprint density at radius 2 is 1.90 bits per heavy atom. The Morgan fingerprint density at radius 3 is 2.55 bits per heavy atom. The minimum absolute atomic E-state index is 0.447. The first-order valence-electron chi connectivity index (χ1n) is 6.68. The number of rotatable bonds is 5. The molecule has 4 heteroatoms. The quantitative estimate of drug-likeness (QED) is 0.888.